The maximum absolute atomic E-state index is 11.9. The summed E-state index contributed by atoms with van der Waals surface area (Å²) in [4.78, 5) is 23.3. The average molecular weight is 282 g/mol. The number of carboxylic acids is 1. The molecule has 0 spiro atoms. The first-order chi connectivity index (χ1) is 10.0. The molecule has 0 aliphatic rings. The molecule has 1 heterocycles. The van der Waals surface area contributed by atoms with E-state index in [4.69, 9.17) is 0 Å². The molecule has 21 heavy (non-hydrogen) atoms. The van der Waals surface area contributed by atoms with E-state index < -0.39 is 5.97 Å². The number of carbonyl (C=O) groups is 1. The minimum Gasteiger partial charge on any atom is -0.478 e. The summed E-state index contributed by atoms with van der Waals surface area (Å²) in [6.07, 6.45) is 0. The summed E-state index contributed by atoms with van der Waals surface area (Å²) < 4.78 is 3.13. The Hall–Kier alpha value is -2.82. The number of carboxylic acid groups (broad SMARTS) is 1. The second-order valence-electron chi connectivity index (χ2n) is 4.95. The van der Waals surface area contributed by atoms with E-state index in [1.54, 1.807) is 47.5 Å². The van der Waals surface area contributed by atoms with Gasteiger partial charge < -0.3 is 5.11 Å². The van der Waals surface area contributed by atoms with Crippen LogP contribution < -0.4 is 5.69 Å². The van der Waals surface area contributed by atoms with E-state index in [1.807, 2.05) is 18.2 Å². The van der Waals surface area contributed by atoms with Crippen molar-refractivity contribution < 1.29 is 9.90 Å². The normalized spacial score (nSPS) is 11.0. The fourth-order valence-electron chi connectivity index (χ4n) is 2.60. The van der Waals surface area contributed by atoms with E-state index in [1.165, 1.54) is 0 Å². The Morgan fingerprint density at radius 2 is 1.67 bits per heavy atom. The molecule has 3 aromatic rings. The van der Waals surface area contributed by atoms with Gasteiger partial charge in [0, 0.05) is 14.1 Å². The molecule has 0 unspecified atom stereocenters. The topological polar surface area (TPSA) is 64.2 Å². The van der Waals surface area contributed by atoms with Crippen LogP contribution in [0.2, 0.25) is 0 Å². The lowest BCUT2D eigenvalue weighted by atomic mass is 9.99. The number of aryl methyl sites for hydroxylation is 2. The van der Waals surface area contributed by atoms with Crippen LogP contribution in [0.25, 0.3) is 22.2 Å². The van der Waals surface area contributed by atoms with Crippen LogP contribution in [0.3, 0.4) is 0 Å². The maximum Gasteiger partial charge on any atom is 0.336 e. The largest absolute Gasteiger partial charge is 0.478 e. The van der Waals surface area contributed by atoms with Gasteiger partial charge in [-0.2, -0.15) is 0 Å². The monoisotopic (exact) mass is 282 g/mol. The quantitative estimate of drug-likeness (QED) is 0.784. The molecule has 0 radical (unpaired) electrons. The van der Waals surface area contributed by atoms with Crippen LogP contribution in [0, 0.1) is 0 Å². The Morgan fingerprint density at radius 1 is 1.00 bits per heavy atom. The number of imidazole rings is 1. The van der Waals surface area contributed by atoms with Gasteiger partial charge in [-0.25, -0.2) is 9.59 Å². The standard InChI is InChI=1S/C16H14N2O3/c1-17-13-8-7-10(9-14(13)18(2)16(17)21)11-5-3-4-6-12(11)15(19)20/h3-9H,1-2H3,(H,19,20). The molecular weight excluding hydrogens is 268 g/mol. The van der Waals surface area contributed by atoms with Gasteiger partial charge in [0.2, 0.25) is 0 Å². The molecule has 106 valence electrons. The smallest absolute Gasteiger partial charge is 0.336 e. The number of aromatic nitrogens is 2. The molecule has 1 aromatic heterocycles. The highest BCUT2D eigenvalue weighted by molar-refractivity contribution is 5.97. The van der Waals surface area contributed by atoms with Crippen molar-refractivity contribution in [2.75, 3.05) is 0 Å². The maximum atomic E-state index is 11.9. The van der Waals surface area contributed by atoms with Crippen molar-refractivity contribution in [2.24, 2.45) is 14.1 Å². The van der Waals surface area contributed by atoms with E-state index in [0.29, 0.717) is 5.56 Å². The summed E-state index contributed by atoms with van der Waals surface area (Å²) in [5, 5.41) is 9.28. The van der Waals surface area contributed by atoms with Crippen LogP contribution in [0.15, 0.2) is 47.3 Å². The number of aromatic carboxylic acids is 1. The van der Waals surface area contributed by atoms with Crippen molar-refractivity contribution in [1.29, 1.82) is 0 Å². The molecule has 0 aliphatic heterocycles. The lowest BCUT2D eigenvalue weighted by molar-refractivity contribution is 0.0697. The molecular formula is C16H14N2O3. The summed E-state index contributed by atoms with van der Waals surface area (Å²) in [7, 11) is 3.42. The van der Waals surface area contributed by atoms with Crippen LogP contribution in [-0.2, 0) is 14.1 Å². The second-order valence-corrected chi connectivity index (χ2v) is 4.95. The minimum atomic E-state index is -0.965. The number of hydrogen-bond donors (Lipinski definition) is 1. The third kappa shape index (κ3) is 1.94. The van der Waals surface area contributed by atoms with Crippen LogP contribution >= 0.6 is 0 Å². The van der Waals surface area contributed by atoms with Gasteiger partial charge in [0.05, 0.1) is 16.6 Å². The first-order valence-electron chi connectivity index (χ1n) is 6.49. The average Bonchev–Trinajstić information content (AvgIpc) is 2.71. The SMILES string of the molecule is Cn1c(=O)n(C)c2cc(-c3ccccc3C(=O)O)ccc21. The van der Waals surface area contributed by atoms with E-state index >= 15 is 0 Å². The zero-order chi connectivity index (χ0) is 15.1. The Morgan fingerprint density at radius 3 is 2.38 bits per heavy atom. The summed E-state index contributed by atoms with van der Waals surface area (Å²) in [6, 6.07) is 12.4. The van der Waals surface area contributed by atoms with Gasteiger partial charge in [-0.3, -0.25) is 9.13 Å². The molecule has 0 saturated carbocycles. The van der Waals surface area contributed by atoms with Gasteiger partial charge in [0.1, 0.15) is 0 Å². The van der Waals surface area contributed by atoms with Crippen LogP contribution in [0.4, 0.5) is 0 Å². The third-order valence-corrected chi connectivity index (χ3v) is 3.74. The van der Waals surface area contributed by atoms with Gasteiger partial charge in [0.15, 0.2) is 0 Å². The van der Waals surface area contributed by atoms with Crippen molar-refractivity contribution in [1.82, 2.24) is 9.13 Å². The van der Waals surface area contributed by atoms with E-state index in [-0.39, 0.29) is 11.3 Å². The highest BCUT2D eigenvalue weighted by Crippen LogP contribution is 2.26. The lowest BCUT2D eigenvalue weighted by Gasteiger charge is -2.07. The highest BCUT2D eigenvalue weighted by Gasteiger charge is 2.13. The predicted octanol–water partition coefficient (Wildman–Crippen LogP) is 2.24. The molecule has 3 rings (SSSR count). The Bertz CT molecular complexity index is 919. The zero-order valence-electron chi connectivity index (χ0n) is 11.7. The van der Waals surface area contributed by atoms with Gasteiger partial charge in [-0.15, -0.1) is 0 Å². The number of benzene rings is 2. The summed E-state index contributed by atoms with van der Waals surface area (Å²) in [5.41, 5.74) is 3.16. The van der Waals surface area contributed by atoms with Crippen LogP contribution in [-0.4, -0.2) is 20.2 Å². The molecule has 2 aromatic carbocycles. The van der Waals surface area contributed by atoms with Gasteiger partial charge in [-0.05, 0) is 29.3 Å². The first kappa shape index (κ1) is 13.2. The fraction of sp³-hybridized carbons (Fsp3) is 0.125. The summed E-state index contributed by atoms with van der Waals surface area (Å²) in [5.74, 6) is -0.965. The Kier molecular flexibility index (Phi) is 2.90. The Balaban J connectivity index is 2.30. The third-order valence-electron chi connectivity index (χ3n) is 3.74. The number of hydrogen-bond acceptors (Lipinski definition) is 2. The zero-order valence-corrected chi connectivity index (χ0v) is 11.7. The van der Waals surface area contributed by atoms with E-state index in [2.05, 4.69) is 0 Å². The van der Waals surface area contributed by atoms with Crippen molar-refractivity contribution in [3.8, 4) is 11.1 Å². The predicted molar refractivity (Wildman–Crippen MR) is 80.6 cm³/mol. The molecule has 1 N–H and O–H groups in total. The van der Waals surface area contributed by atoms with Crippen molar-refractivity contribution in [2.45, 2.75) is 0 Å². The number of fused-ring (bicyclic) bond motifs is 1. The van der Waals surface area contributed by atoms with E-state index in [0.717, 1.165) is 16.6 Å². The van der Waals surface area contributed by atoms with E-state index in [9.17, 15) is 14.7 Å². The van der Waals surface area contributed by atoms with Gasteiger partial charge >= 0.3 is 11.7 Å². The first-order valence-corrected chi connectivity index (χ1v) is 6.49. The molecule has 5 nitrogen and oxygen atoms in total. The summed E-state index contributed by atoms with van der Waals surface area (Å²) in [6.45, 7) is 0. The minimum absolute atomic E-state index is 0.103. The summed E-state index contributed by atoms with van der Waals surface area (Å²) >= 11 is 0. The number of nitrogens with zero attached hydrogens (tertiary/aromatic N) is 2. The van der Waals surface area contributed by atoms with Crippen molar-refractivity contribution >= 4 is 17.0 Å². The molecule has 0 fully saturated rings. The van der Waals surface area contributed by atoms with Crippen molar-refractivity contribution in [3.63, 3.8) is 0 Å². The number of rotatable bonds is 2. The lowest BCUT2D eigenvalue weighted by Crippen LogP contribution is -2.19. The van der Waals surface area contributed by atoms with Crippen LogP contribution in [0.1, 0.15) is 10.4 Å². The molecule has 0 saturated heterocycles. The fourth-order valence-corrected chi connectivity index (χ4v) is 2.60. The van der Waals surface area contributed by atoms with Crippen LogP contribution in [0.5, 0.6) is 0 Å². The second kappa shape index (κ2) is 4.63. The van der Waals surface area contributed by atoms with Gasteiger partial charge in [0.25, 0.3) is 0 Å². The molecule has 0 amide bonds. The van der Waals surface area contributed by atoms with Gasteiger partial charge in [-0.1, -0.05) is 24.3 Å². The molecule has 0 aliphatic carbocycles. The molecule has 5 heteroatoms. The van der Waals surface area contributed by atoms with Crippen molar-refractivity contribution in [3.05, 3.63) is 58.5 Å². The highest BCUT2D eigenvalue weighted by atomic mass is 16.4. The molecule has 0 atom stereocenters. The molecule has 0 bridgehead atoms. The Labute approximate surface area is 120 Å².